The van der Waals surface area contributed by atoms with E-state index in [1.165, 1.54) is 51.4 Å². The summed E-state index contributed by atoms with van der Waals surface area (Å²) in [4.78, 5) is 12.8. The quantitative estimate of drug-likeness (QED) is 0.266. The molecule has 0 amide bonds. The Bertz CT molecular complexity index is 1020. The summed E-state index contributed by atoms with van der Waals surface area (Å²) in [5.41, 5.74) is 1.55. The predicted octanol–water partition coefficient (Wildman–Crippen LogP) is 8.71. The maximum atomic E-state index is 12.8. The third-order valence-electron chi connectivity index (χ3n) is 13.3. The molecule has 0 unspecified atom stereocenters. The summed E-state index contributed by atoms with van der Waals surface area (Å²) >= 11 is 0. The van der Waals surface area contributed by atoms with Crippen molar-refractivity contribution < 1.29 is 14.3 Å². The van der Waals surface area contributed by atoms with E-state index in [0.29, 0.717) is 28.4 Å². The number of carbonyl (C=O) groups excluding carboxylic acids is 1. The van der Waals surface area contributed by atoms with E-state index in [4.69, 9.17) is 9.47 Å². The van der Waals surface area contributed by atoms with E-state index in [1.807, 2.05) is 30.3 Å². The van der Waals surface area contributed by atoms with Crippen LogP contribution in [0, 0.1) is 52.3 Å². The van der Waals surface area contributed by atoms with Gasteiger partial charge in [-0.25, -0.2) is 4.79 Å². The summed E-state index contributed by atoms with van der Waals surface area (Å²) in [6, 6.07) is 9.52. The lowest BCUT2D eigenvalue weighted by molar-refractivity contribution is -0.150. The summed E-state index contributed by atoms with van der Waals surface area (Å²) in [5.74, 6) is 5.23. The number of hydrogen-bond donors (Lipinski definition) is 0. The molecule has 1 heterocycles. The van der Waals surface area contributed by atoms with Gasteiger partial charge >= 0.3 is 5.97 Å². The van der Waals surface area contributed by atoms with Crippen LogP contribution in [0.25, 0.3) is 0 Å². The second-order valence-electron chi connectivity index (χ2n) is 15.1. The van der Waals surface area contributed by atoms with Crippen molar-refractivity contribution in [3.05, 3.63) is 35.9 Å². The van der Waals surface area contributed by atoms with E-state index in [2.05, 4.69) is 41.5 Å². The van der Waals surface area contributed by atoms with Crippen LogP contribution in [0.2, 0.25) is 0 Å². The Balaban J connectivity index is 1.13. The molecule has 4 saturated carbocycles. The summed E-state index contributed by atoms with van der Waals surface area (Å²) < 4.78 is 12.9. The van der Waals surface area contributed by atoms with Crippen molar-refractivity contribution in [2.24, 2.45) is 52.3 Å². The molecule has 0 aromatic heterocycles. The third kappa shape index (κ3) is 4.03. The van der Waals surface area contributed by atoms with Crippen molar-refractivity contribution in [2.75, 3.05) is 0 Å². The van der Waals surface area contributed by atoms with Crippen LogP contribution >= 0.6 is 0 Å². The molecule has 0 radical (unpaired) electrons. The van der Waals surface area contributed by atoms with Crippen LogP contribution < -0.4 is 0 Å². The van der Waals surface area contributed by atoms with Crippen molar-refractivity contribution in [1.82, 2.24) is 0 Å². The highest BCUT2D eigenvalue weighted by Crippen LogP contribution is 2.77. The van der Waals surface area contributed by atoms with E-state index in [0.717, 1.165) is 48.3 Å². The Morgan fingerprint density at radius 1 is 0.947 bits per heavy atom. The van der Waals surface area contributed by atoms with Crippen LogP contribution in [0.5, 0.6) is 0 Å². The first-order valence-corrected chi connectivity index (χ1v) is 16.0. The molecular formula is C35H52O3. The van der Waals surface area contributed by atoms with Crippen LogP contribution in [0.4, 0.5) is 0 Å². The van der Waals surface area contributed by atoms with Crippen molar-refractivity contribution in [2.45, 2.75) is 124 Å². The number of hydrogen-bond acceptors (Lipinski definition) is 3. The fourth-order valence-electron chi connectivity index (χ4n) is 10.5. The van der Waals surface area contributed by atoms with Gasteiger partial charge in [0.05, 0.1) is 11.7 Å². The fraction of sp³-hybridized carbons (Fsp3) is 0.800. The SMILES string of the molecule is CC(C)[C@@H](C)CC[C@@H](C)[C@H]1C[C@@H]2O[C@@]23[C@@H]2CC[C@H]4C[C@H](OC(=O)c5ccccc5)CC[C@]4(C)[C@H]2CC[C@]13C. The van der Waals surface area contributed by atoms with Gasteiger partial charge in [-0.15, -0.1) is 0 Å². The Hall–Kier alpha value is -1.35. The molecule has 1 saturated heterocycles. The molecule has 6 rings (SSSR count). The second-order valence-corrected chi connectivity index (χ2v) is 15.1. The van der Waals surface area contributed by atoms with Crippen molar-refractivity contribution in [3.8, 4) is 0 Å². The Labute approximate surface area is 231 Å². The number of epoxide rings is 1. The van der Waals surface area contributed by atoms with Crippen LogP contribution in [0.15, 0.2) is 30.3 Å². The number of ether oxygens (including phenoxy) is 2. The Kier molecular flexibility index (Phi) is 6.81. The standard InChI is InChI=1S/C35H52O3/c1-22(2)23(3)12-13-24(4)30-21-31-35(38-31)29-15-14-26-20-27(37-32(36)25-10-8-7-9-11-25)16-18-33(26,5)28(29)17-19-34(30,35)6/h7-11,22-24,26-31H,12-21H2,1-6H3/t23-,24+,26-,27+,28-,29+,30+,31-,33-,34+,35-/m0/s1. The van der Waals surface area contributed by atoms with Crippen LogP contribution in [0.3, 0.4) is 0 Å². The molecule has 5 fully saturated rings. The number of fused-ring (bicyclic) bond motifs is 3. The molecule has 38 heavy (non-hydrogen) atoms. The van der Waals surface area contributed by atoms with Gasteiger partial charge in [0, 0.05) is 5.41 Å². The van der Waals surface area contributed by atoms with E-state index in [1.54, 1.807) is 0 Å². The van der Waals surface area contributed by atoms with E-state index < -0.39 is 0 Å². The first-order valence-electron chi connectivity index (χ1n) is 16.0. The van der Waals surface area contributed by atoms with Crippen molar-refractivity contribution in [3.63, 3.8) is 0 Å². The van der Waals surface area contributed by atoms with E-state index in [-0.39, 0.29) is 17.7 Å². The molecule has 5 aliphatic rings. The highest BCUT2D eigenvalue weighted by atomic mass is 16.6. The van der Waals surface area contributed by atoms with Crippen LogP contribution in [-0.4, -0.2) is 23.8 Å². The molecule has 1 aromatic carbocycles. The first-order chi connectivity index (χ1) is 18.1. The zero-order valence-corrected chi connectivity index (χ0v) is 24.9. The summed E-state index contributed by atoms with van der Waals surface area (Å²) in [6.07, 6.45) is 13.2. The smallest absolute Gasteiger partial charge is 0.338 e. The average Bonchev–Trinajstić information content (AvgIpc) is 3.57. The maximum absolute atomic E-state index is 12.8. The highest BCUT2D eigenvalue weighted by Gasteiger charge is 2.80. The van der Waals surface area contributed by atoms with Gasteiger partial charge in [-0.3, -0.25) is 0 Å². The minimum atomic E-state index is -0.150. The lowest BCUT2D eigenvalue weighted by Gasteiger charge is -2.61. The number of rotatable bonds is 7. The zero-order chi connectivity index (χ0) is 26.9. The average molecular weight is 521 g/mol. The van der Waals surface area contributed by atoms with Crippen molar-refractivity contribution in [1.29, 1.82) is 0 Å². The molecule has 4 aliphatic carbocycles. The Morgan fingerprint density at radius 2 is 1.71 bits per heavy atom. The van der Waals surface area contributed by atoms with Gasteiger partial charge in [-0.2, -0.15) is 0 Å². The summed E-state index contributed by atoms with van der Waals surface area (Å²) in [7, 11) is 0. The maximum Gasteiger partial charge on any atom is 0.338 e. The number of esters is 1. The van der Waals surface area contributed by atoms with Gasteiger partial charge < -0.3 is 9.47 Å². The van der Waals surface area contributed by atoms with Gasteiger partial charge in [0.25, 0.3) is 0 Å². The normalized spacial score (nSPS) is 44.8. The molecule has 0 bridgehead atoms. The van der Waals surface area contributed by atoms with Crippen LogP contribution in [-0.2, 0) is 9.47 Å². The van der Waals surface area contributed by atoms with E-state index in [9.17, 15) is 4.79 Å². The Morgan fingerprint density at radius 3 is 2.45 bits per heavy atom. The molecule has 3 heteroatoms. The summed E-state index contributed by atoms with van der Waals surface area (Å²) in [5, 5.41) is 0. The van der Waals surface area contributed by atoms with E-state index >= 15 is 0 Å². The van der Waals surface area contributed by atoms with Gasteiger partial charge in [0.15, 0.2) is 0 Å². The molecular weight excluding hydrogens is 468 g/mol. The predicted molar refractivity (Wildman–Crippen MR) is 153 cm³/mol. The molecule has 1 aromatic rings. The minimum Gasteiger partial charge on any atom is -0.459 e. The molecule has 210 valence electrons. The largest absolute Gasteiger partial charge is 0.459 e. The molecule has 1 aliphatic heterocycles. The highest BCUT2D eigenvalue weighted by molar-refractivity contribution is 5.89. The topological polar surface area (TPSA) is 38.8 Å². The molecule has 11 atom stereocenters. The van der Waals surface area contributed by atoms with Crippen LogP contribution in [0.1, 0.15) is 116 Å². The fourth-order valence-corrected chi connectivity index (χ4v) is 10.5. The molecule has 0 N–H and O–H groups in total. The number of carbonyl (C=O) groups is 1. The monoisotopic (exact) mass is 520 g/mol. The molecule has 3 nitrogen and oxygen atoms in total. The van der Waals surface area contributed by atoms with Gasteiger partial charge in [0.1, 0.15) is 11.7 Å². The van der Waals surface area contributed by atoms with Gasteiger partial charge in [-0.1, -0.05) is 72.6 Å². The second kappa shape index (κ2) is 9.64. The van der Waals surface area contributed by atoms with Gasteiger partial charge in [0.2, 0.25) is 0 Å². The third-order valence-corrected chi connectivity index (χ3v) is 13.3. The lowest BCUT2D eigenvalue weighted by atomic mass is 9.44. The zero-order valence-electron chi connectivity index (χ0n) is 24.9. The number of benzene rings is 1. The minimum absolute atomic E-state index is 0.0687. The first kappa shape index (κ1) is 26.9. The molecule has 1 spiro atoms. The van der Waals surface area contributed by atoms with Crippen molar-refractivity contribution >= 4 is 5.97 Å². The lowest BCUT2D eigenvalue weighted by Crippen LogP contribution is -2.59. The summed E-state index contributed by atoms with van der Waals surface area (Å²) in [6.45, 7) is 15.0. The van der Waals surface area contributed by atoms with Gasteiger partial charge in [-0.05, 0) is 110 Å².